The second-order valence-electron chi connectivity index (χ2n) is 7.23. The first-order valence-corrected chi connectivity index (χ1v) is 9.83. The van der Waals surface area contributed by atoms with E-state index in [1.54, 1.807) is 13.8 Å². The van der Waals surface area contributed by atoms with Crippen molar-refractivity contribution in [2.24, 2.45) is 0 Å². The molecule has 2 amide bonds. The number of ether oxygens (including phenoxy) is 2. The second-order valence-corrected chi connectivity index (χ2v) is 7.23. The molecule has 30 heavy (non-hydrogen) atoms. The monoisotopic (exact) mass is 406 g/mol. The van der Waals surface area contributed by atoms with Crippen molar-refractivity contribution in [1.29, 1.82) is 0 Å². The molecule has 2 N–H and O–H groups in total. The number of carbonyl (C=O) groups is 2. The Morgan fingerprint density at radius 2 is 1.30 bits per heavy atom. The highest BCUT2D eigenvalue weighted by Gasteiger charge is 2.20. The lowest BCUT2D eigenvalue weighted by atomic mass is 10.1. The fourth-order valence-electron chi connectivity index (χ4n) is 3.04. The van der Waals surface area contributed by atoms with Crippen LogP contribution in [0.5, 0.6) is 11.5 Å². The van der Waals surface area contributed by atoms with Gasteiger partial charge in [0, 0.05) is 0 Å². The van der Waals surface area contributed by atoms with Crippen LogP contribution in [-0.4, -0.2) is 24.0 Å². The van der Waals surface area contributed by atoms with E-state index in [1.807, 2.05) is 74.5 Å². The lowest BCUT2D eigenvalue weighted by Gasteiger charge is -2.19. The molecule has 0 saturated carbocycles. The molecule has 3 aromatic carbocycles. The number of para-hydroxylation sites is 1. The number of carbonyl (C=O) groups excluding carboxylic acids is 2. The highest BCUT2D eigenvalue weighted by Crippen LogP contribution is 2.23. The van der Waals surface area contributed by atoms with Crippen molar-refractivity contribution in [3.8, 4) is 11.5 Å². The number of hydrogen-bond donors (Lipinski definition) is 2. The third-order valence-corrected chi connectivity index (χ3v) is 4.78. The zero-order valence-corrected chi connectivity index (χ0v) is 17.6. The van der Waals surface area contributed by atoms with Gasteiger partial charge < -0.3 is 9.47 Å². The van der Waals surface area contributed by atoms with Gasteiger partial charge in [-0.1, -0.05) is 48.5 Å². The molecule has 0 radical (unpaired) electrons. The summed E-state index contributed by atoms with van der Waals surface area (Å²) < 4.78 is 11.5. The molecule has 156 valence electrons. The molecule has 6 nitrogen and oxygen atoms in total. The summed E-state index contributed by atoms with van der Waals surface area (Å²) in [5, 5.41) is 2.11. The van der Waals surface area contributed by atoms with Gasteiger partial charge in [-0.2, -0.15) is 0 Å². The SMILES string of the molecule is Cc1cccc(C)c1O[C@H](C)C(=O)NNC(=O)[C@@H](C)Oc1ccc2ccccc2c1. The van der Waals surface area contributed by atoms with E-state index in [0.717, 1.165) is 21.9 Å². The van der Waals surface area contributed by atoms with Gasteiger partial charge in [0.15, 0.2) is 12.2 Å². The molecule has 0 fully saturated rings. The van der Waals surface area contributed by atoms with Crippen molar-refractivity contribution in [2.45, 2.75) is 39.9 Å². The van der Waals surface area contributed by atoms with Crippen molar-refractivity contribution in [3.05, 3.63) is 71.8 Å². The van der Waals surface area contributed by atoms with Crippen molar-refractivity contribution < 1.29 is 19.1 Å². The molecule has 2 atom stereocenters. The Labute approximate surface area is 176 Å². The summed E-state index contributed by atoms with van der Waals surface area (Å²) in [6.45, 7) is 7.08. The summed E-state index contributed by atoms with van der Waals surface area (Å²) in [7, 11) is 0. The minimum absolute atomic E-state index is 0.455. The quantitative estimate of drug-likeness (QED) is 0.610. The minimum Gasteiger partial charge on any atom is -0.481 e. The molecular formula is C24H26N2O4. The van der Waals surface area contributed by atoms with E-state index < -0.39 is 24.0 Å². The van der Waals surface area contributed by atoms with Crippen LogP contribution in [0.2, 0.25) is 0 Å². The normalized spacial score (nSPS) is 12.7. The zero-order chi connectivity index (χ0) is 21.7. The van der Waals surface area contributed by atoms with Crippen LogP contribution in [-0.2, 0) is 9.59 Å². The maximum Gasteiger partial charge on any atom is 0.279 e. The Bertz CT molecular complexity index is 1040. The highest BCUT2D eigenvalue weighted by molar-refractivity contribution is 5.87. The number of hydrogen-bond acceptors (Lipinski definition) is 4. The van der Waals surface area contributed by atoms with Crippen LogP contribution in [0.3, 0.4) is 0 Å². The fraction of sp³-hybridized carbons (Fsp3) is 0.250. The van der Waals surface area contributed by atoms with Crippen LogP contribution in [0.1, 0.15) is 25.0 Å². The van der Waals surface area contributed by atoms with Crippen molar-refractivity contribution in [1.82, 2.24) is 10.9 Å². The van der Waals surface area contributed by atoms with Gasteiger partial charge in [0.2, 0.25) is 0 Å². The molecule has 0 aliphatic rings. The first-order chi connectivity index (χ1) is 14.3. The van der Waals surface area contributed by atoms with Crippen LogP contribution >= 0.6 is 0 Å². The van der Waals surface area contributed by atoms with Crippen molar-refractivity contribution in [3.63, 3.8) is 0 Å². The molecule has 0 aliphatic heterocycles. The average molecular weight is 406 g/mol. The van der Waals surface area contributed by atoms with Crippen molar-refractivity contribution >= 4 is 22.6 Å². The van der Waals surface area contributed by atoms with Gasteiger partial charge in [0.05, 0.1) is 0 Å². The molecule has 0 bridgehead atoms. The van der Waals surface area contributed by atoms with Crippen LogP contribution in [0, 0.1) is 13.8 Å². The number of hydrazine groups is 1. The lowest BCUT2D eigenvalue weighted by Crippen LogP contribution is -2.50. The summed E-state index contributed by atoms with van der Waals surface area (Å²) in [5.74, 6) is 0.327. The van der Waals surface area contributed by atoms with Gasteiger partial charge in [-0.25, -0.2) is 0 Å². The lowest BCUT2D eigenvalue weighted by molar-refractivity contribution is -0.135. The Kier molecular flexibility index (Phi) is 6.57. The molecule has 3 aromatic rings. The number of rotatable bonds is 6. The number of benzene rings is 3. The zero-order valence-electron chi connectivity index (χ0n) is 17.6. The van der Waals surface area contributed by atoms with E-state index in [2.05, 4.69) is 10.9 Å². The molecule has 0 spiro atoms. The molecule has 0 aromatic heterocycles. The number of fused-ring (bicyclic) bond motifs is 1. The van der Waals surface area contributed by atoms with Gasteiger partial charge in [-0.3, -0.25) is 20.4 Å². The number of aryl methyl sites for hydroxylation is 2. The fourth-order valence-corrected chi connectivity index (χ4v) is 3.04. The molecule has 6 heteroatoms. The molecular weight excluding hydrogens is 380 g/mol. The predicted molar refractivity (Wildman–Crippen MR) is 116 cm³/mol. The number of nitrogens with one attached hydrogen (secondary N) is 2. The van der Waals surface area contributed by atoms with Crippen molar-refractivity contribution in [2.75, 3.05) is 0 Å². The summed E-state index contributed by atoms with van der Waals surface area (Å²) >= 11 is 0. The van der Waals surface area contributed by atoms with E-state index in [4.69, 9.17) is 9.47 Å². The van der Waals surface area contributed by atoms with Crippen LogP contribution in [0.4, 0.5) is 0 Å². The Hall–Kier alpha value is -3.54. The molecule has 3 rings (SSSR count). The van der Waals surface area contributed by atoms with Gasteiger partial charge >= 0.3 is 0 Å². The average Bonchev–Trinajstić information content (AvgIpc) is 2.74. The van der Waals surface area contributed by atoms with E-state index in [-0.39, 0.29) is 0 Å². The maximum atomic E-state index is 12.3. The van der Waals surface area contributed by atoms with Gasteiger partial charge in [-0.15, -0.1) is 0 Å². The molecule has 0 saturated heterocycles. The third-order valence-electron chi connectivity index (χ3n) is 4.78. The third kappa shape index (κ3) is 5.08. The molecule has 0 aliphatic carbocycles. The topological polar surface area (TPSA) is 76.7 Å². The summed E-state index contributed by atoms with van der Waals surface area (Å²) in [6, 6.07) is 19.3. The van der Waals surface area contributed by atoms with Crippen LogP contribution < -0.4 is 20.3 Å². The predicted octanol–water partition coefficient (Wildman–Crippen LogP) is 3.84. The number of amides is 2. The van der Waals surface area contributed by atoms with Gasteiger partial charge in [-0.05, 0) is 61.7 Å². The maximum absolute atomic E-state index is 12.3. The molecule has 0 unspecified atom stereocenters. The van der Waals surface area contributed by atoms with Crippen LogP contribution in [0.15, 0.2) is 60.7 Å². The Morgan fingerprint density at radius 3 is 1.93 bits per heavy atom. The Balaban J connectivity index is 1.52. The minimum atomic E-state index is -0.790. The first kappa shape index (κ1) is 21.2. The van der Waals surface area contributed by atoms with E-state index in [0.29, 0.717) is 11.5 Å². The second kappa shape index (κ2) is 9.31. The summed E-state index contributed by atoms with van der Waals surface area (Å²) in [4.78, 5) is 24.6. The first-order valence-electron chi connectivity index (χ1n) is 9.83. The van der Waals surface area contributed by atoms with Crippen LogP contribution in [0.25, 0.3) is 10.8 Å². The van der Waals surface area contributed by atoms with Gasteiger partial charge in [0.1, 0.15) is 11.5 Å². The van der Waals surface area contributed by atoms with E-state index in [1.165, 1.54) is 0 Å². The summed E-state index contributed by atoms with van der Waals surface area (Å²) in [5.41, 5.74) is 6.67. The standard InChI is InChI=1S/C24H26N2O4/c1-15-8-7-9-16(2)22(15)30-18(4)24(28)26-25-23(27)17(3)29-21-13-12-19-10-5-6-11-20(19)14-21/h5-14,17-18H,1-4H3,(H,25,27)(H,26,28)/t17-,18-/m1/s1. The molecule has 0 heterocycles. The van der Waals surface area contributed by atoms with E-state index >= 15 is 0 Å². The highest BCUT2D eigenvalue weighted by atomic mass is 16.5. The largest absolute Gasteiger partial charge is 0.481 e. The summed E-state index contributed by atoms with van der Waals surface area (Å²) in [6.07, 6.45) is -1.57. The Morgan fingerprint density at radius 1 is 0.733 bits per heavy atom. The smallest absolute Gasteiger partial charge is 0.279 e. The van der Waals surface area contributed by atoms with Gasteiger partial charge in [0.25, 0.3) is 11.8 Å². The van der Waals surface area contributed by atoms with E-state index in [9.17, 15) is 9.59 Å².